The van der Waals surface area contributed by atoms with Gasteiger partial charge in [0.1, 0.15) is 11.5 Å². The van der Waals surface area contributed by atoms with Crippen molar-refractivity contribution in [1.82, 2.24) is 10.2 Å². The number of methoxy groups -OCH3 is 1. The maximum absolute atomic E-state index is 13.8. The van der Waals surface area contributed by atoms with E-state index in [1.54, 1.807) is 18.2 Å². The van der Waals surface area contributed by atoms with E-state index in [0.717, 1.165) is 4.90 Å². The van der Waals surface area contributed by atoms with Crippen LogP contribution in [0.2, 0.25) is 0 Å². The lowest BCUT2D eigenvalue weighted by molar-refractivity contribution is -0.123. The molecule has 0 bridgehead atoms. The van der Waals surface area contributed by atoms with E-state index in [-0.39, 0.29) is 34.9 Å². The summed E-state index contributed by atoms with van der Waals surface area (Å²) < 4.78 is 19.5. The number of benzene rings is 2. The normalized spacial score (nSPS) is 15.5. The zero-order valence-corrected chi connectivity index (χ0v) is 15.2. The summed E-state index contributed by atoms with van der Waals surface area (Å²) >= 11 is 3.28. The van der Waals surface area contributed by atoms with Gasteiger partial charge in [0.05, 0.1) is 13.7 Å². The Labute approximate surface area is 157 Å². The molecular formula is C18H14BrFN2O4. The Morgan fingerprint density at radius 3 is 2.73 bits per heavy atom. The number of phenols is 1. The second kappa shape index (κ2) is 7.17. The van der Waals surface area contributed by atoms with Gasteiger partial charge in [-0.15, -0.1) is 0 Å². The average Bonchev–Trinajstić information content (AvgIpc) is 2.87. The fourth-order valence-electron chi connectivity index (χ4n) is 2.53. The molecule has 26 heavy (non-hydrogen) atoms. The number of nitrogens with zero attached hydrogens (tertiary/aromatic N) is 1. The molecule has 2 aromatic rings. The number of aromatic hydroxyl groups is 1. The van der Waals surface area contributed by atoms with Crippen LogP contribution in [0.4, 0.5) is 9.18 Å². The number of phenolic OH excluding ortho intramolecular Hbond substituents is 1. The first-order chi connectivity index (χ1) is 12.4. The lowest BCUT2D eigenvalue weighted by Crippen LogP contribution is -2.30. The van der Waals surface area contributed by atoms with Gasteiger partial charge in [-0.25, -0.2) is 9.18 Å². The minimum atomic E-state index is -0.661. The van der Waals surface area contributed by atoms with Crippen LogP contribution in [0.15, 0.2) is 46.6 Å². The van der Waals surface area contributed by atoms with Crippen molar-refractivity contribution >= 4 is 33.9 Å². The van der Waals surface area contributed by atoms with E-state index in [4.69, 9.17) is 4.74 Å². The molecule has 0 radical (unpaired) electrons. The molecule has 3 amide bonds. The Morgan fingerprint density at radius 1 is 1.31 bits per heavy atom. The lowest BCUT2D eigenvalue weighted by atomic mass is 10.1. The minimum absolute atomic E-state index is 0.0261. The van der Waals surface area contributed by atoms with Gasteiger partial charge in [0.2, 0.25) is 0 Å². The number of amides is 3. The Kier molecular flexibility index (Phi) is 4.94. The lowest BCUT2D eigenvalue weighted by Gasteiger charge is -2.12. The van der Waals surface area contributed by atoms with Gasteiger partial charge in [-0.3, -0.25) is 9.69 Å². The summed E-state index contributed by atoms with van der Waals surface area (Å²) in [6.45, 7) is -0.192. The van der Waals surface area contributed by atoms with Gasteiger partial charge < -0.3 is 15.2 Å². The molecule has 2 aromatic carbocycles. The highest BCUT2D eigenvalue weighted by Gasteiger charge is 2.34. The molecule has 0 saturated carbocycles. The molecule has 0 aliphatic carbocycles. The number of hydrogen-bond donors (Lipinski definition) is 2. The molecule has 2 N–H and O–H groups in total. The molecule has 1 aliphatic heterocycles. The Balaban J connectivity index is 1.91. The second-order valence-electron chi connectivity index (χ2n) is 5.52. The van der Waals surface area contributed by atoms with E-state index in [9.17, 15) is 19.1 Å². The number of imide groups is 1. The molecular weight excluding hydrogens is 407 g/mol. The van der Waals surface area contributed by atoms with Gasteiger partial charge in [0.15, 0.2) is 11.5 Å². The molecule has 0 aromatic heterocycles. The number of carbonyl (C=O) groups excluding carboxylic acids is 2. The van der Waals surface area contributed by atoms with E-state index in [1.807, 2.05) is 0 Å². The van der Waals surface area contributed by atoms with E-state index in [0.29, 0.717) is 4.47 Å². The van der Waals surface area contributed by atoms with Crippen LogP contribution >= 0.6 is 15.9 Å². The van der Waals surface area contributed by atoms with Crippen LogP contribution in [-0.2, 0) is 11.3 Å². The highest BCUT2D eigenvalue weighted by Crippen LogP contribution is 2.35. The summed E-state index contributed by atoms with van der Waals surface area (Å²) in [5, 5.41) is 12.6. The summed E-state index contributed by atoms with van der Waals surface area (Å²) in [5.41, 5.74) is 0.485. The first kappa shape index (κ1) is 17.9. The van der Waals surface area contributed by atoms with Gasteiger partial charge in [0.25, 0.3) is 5.91 Å². The third kappa shape index (κ3) is 3.41. The number of rotatable bonds is 4. The number of hydrogen-bond acceptors (Lipinski definition) is 4. The maximum Gasteiger partial charge on any atom is 0.329 e. The van der Waals surface area contributed by atoms with E-state index in [1.165, 1.54) is 31.4 Å². The van der Waals surface area contributed by atoms with Crippen molar-refractivity contribution in [2.75, 3.05) is 7.11 Å². The van der Waals surface area contributed by atoms with Crippen LogP contribution in [0.1, 0.15) is 11.1 Å². The van der Waals surface area contributed by atoms with Crippen molar-refractivity contribution in [3.05, 3.63) is 63.5 Å². The van der Waals surface area contributed by atoms with E-state index < -0.39 is 17.8 Å². The third-order valence-electron chi connectivity index (χ3n) is 3.84. The molecule has 0 spiro atoms. The third-order valence-corrected chi connectivity index (χ3v) is 4.30. The molecule has 1 aliphatic rings. The Bertz CT molecular complexity index is 929. The van der Waals surface area contributed by atoms with Crippen molar-refractivity contribution in [1.29, 1.82) is 0 Å². The fourth-order valence-corrected chi connectivity index (χ4v) is 2.98. The van der Waals surface area contributed by atoms with Gasteiger partial charge >= 0.3 is 6.03 Å². The van der Waals surface area contributed by atoms with E-state index in [2.05, 4.69) is 21.2 Å². The number of nitrogens with one attached hydrogen (secondary N) is 1. The standard InChI is InChI=1S/C18H14BrFN2O4/c1-26-15-8-12(19)6-11(16(15)23)7-14-17(24)22(18(25)21-14)9-10-4-2-3-5-13(10)20/h2-8,23H,9H2,1H3,(H,21,25)/b14-7-. The molecule has 0 unspecified atom stereocenters. The van der Waals surface area contributed by atoms with Crippen LogP contribution in [-0.4, -0.2) is 29.1 Å². The summed E-state index contributed by atoms with van der Waals surface area (Å²) in [5.74, 6) is -1.07. The van der Waals surface area contributed by atoms with Crippen molar-refractivity contribution < 1.29 is 23.8 Å². The summed E-state index contributed by atoms with van der Waals surface area (Å²) in [6, 6.07) is 8.39. The van der Waals surface area contributed by atoms with Crippen LogP contribution in [0.3, 0.4) is 0 Å². The van der Waals surface area contributed by atoms with Crippen LogP contribution in [0, 0.1) is 5.82 Å². The fraction of sp³-hybridized carbons (Fsp3) is 0.111. The highest BCUT2D eigenvalue weighted by molar-refractivity contribution is 9.10. The van der Waals surface area contributed by atoms with Crippen LogP contribution in [0.25, 0.3) is 6.08 Å². The summed E-state index contributed by atoms with van der Waals surface area (Å²) in [6.07, 6.45) is 1.34. The molecule has 8 heteroatoms. The number of ether oxygens (including phenoxy) is 1. The molecule has 1 heterocycles. The average molecular weight is 421 g/mol. The molecule has 0 atom stereocenters. The Hall–Kier alpha value is -2.87. The monoisotopic (exact) mass is 420 g/mol. The smallest absolute Gasteiger partial charge is 0.329 e. The Morgan fingerprint density at radius 2 is 2.04 bits per heavy atom. The minimum Gasteiger partial charge on any atom is -0.504 e. The molecule has 134 valence electrons. The SMILES string of the molecule is COc1cc(Br)cc(/C=C2\NC(=O)N(Cc3ccccc3F)C2=O)c1O. The molecule has 1 saturated heterocycles. The van der Waals surface area contributed by atoms with Crippen molar-refractivity contribution in [2.45, 2.75) is 6.54 Å². The van der Waals surface area contributed by atoms with Crippen molar-refractivity contribution in [3.8, 4) is 11.5 Å². The second-order valence-corrected chi connectivity index (χ2v) is 6.43. The van der Waals surface area contributed by atoms with Gasteiger partial charge in [-0.1, -0.05) is 34.1 Å². The topological polar surface area (TPSA) is 78.9 Å². The molecule has 3 rings (SSSR count). The van der Waals surface area contributed by atoms with Crippen molar-refractivity contribution in [3.63, 3.8) is 0 Å². The van der Waals surface area contributed by atoms with Crippen molar-refractivity contribution in [2.24, 2.45) is 0 Å². The largest absolute Gasteiger partial charge is 0.504 e. The first-order valence-electron chi connectivity index (χ1n) is 7.55. The molecule has 1 fully saturated rings. The highest BCUT2D eigenvalue weighted by atomic mass is 79.9. The quantitative estimate of drug-likeness (QED) is 0.586. The molecule has 6 nitrogen and oxygen atoms in total. The van der Waals surface area contributed by atoms with Gasteiger partial charge in [-0.05, 0) is 24.3 Å². The van der Waals surface area contributed by atoms with Crippen LogP contribution < -0.4 is 10.1 Å². The summed E-state index contributed by atoms with van der Waals surface area (Å²) in [7, 11) is 1.40. The van der Waals surface area contributed by atoms with E-state index >= 15 is 0 Å². The van der Waals surface area contributed by atoms with Crippen LogP contribution in [0.5, 0.6) is 11.5 Å². The first-order valence-corrected chi connectivity index (χ1v) is 8.34. The maximum atomic E-state index is 13.8. The number of carbonyl (C=O) groups is 2. The summed E-state index contributed by atoms with van der Waals surface area (Å²) in [4.78, 5) is 25.5. The van der Waals surface area contributed by atoms with Gasteiger partial charge in [0, 0.05) is 15.6 Å². The predicted octanol–water partition coefficient (Wildman–Crippen LogP) is 3.40. The number of urea groups is 1. The van der Waals surface area contributed by atoms with Gasteiger partial charge in [-0.2, -0.15) is 0 Å². The zero-order chi connectivity index (χ0) is 18.8. The zero-order valence-electron chi connectivity index (χ0n) is 13.6. The number of halogens is 2. The predicted molar refractivity (Wildman–Crippen MR) is 95.8 cm³/mol.